The summed E-state index contributed by atoms with van der Waals surface area (Å²) >= 11 is 6.36. The maximum Gasteiger partial charge on any atom is 0.125 e. The van der Waals surface area contributed by atoms with Crippen molar-refractivity contribution in [1.29, 1.82) is 0 Å². The monoisotopic (exact) mass is 249 g/mol. The Morgan fingerprint density at radius 3 is 2.76 bits per heavy atom. The van der Waals surface area contributed by atoms with E-state index in [4.69, 9.17) is 16.0 Å². The fourth-order valence-electron chi connectivity index (χ4n) is 1.92. The minimum atomic E-state index is 0.0161. The van der Waals surface area contributed by atoms with Gasteiger partial charge in [0.15, 0.2) is 0 Å². The van der Waals surface area contributed by atoms with Crippen molar-refractivity contribution in [2.24, 2.45) is 0 Å². The number of aryl methyl sites for hydroxylation is 1. The van der Waals surface area contributed by atoms with Gasteiger partial charge < -0.3 is 9.73 Å². The van der Waals surface area contributed by atoms with E-state index < -0.39 is 0 Å². The van der Waals surface area contributed by atoms with E-state index in [9.17, 15) is 0 Å². The molecule has 0 bridgehead atoms. The van der Waals surface area contributed by atoms with E-state index in [0.29, 0.717) is 0 Å². The number of halogens is 1. The first-order valence-corrected chi connectivity index (χ1v) is 6.13. The Balaban J connectivity index is 2.43. The molecule has 2 rings (SSSR count). The SMILES string of the molecule is CCNC(c1ccco1)c1cccc(C)c1Cl. The van der Waals surface area contributed by atoms with Gasteiger partial charge in [-0.3, -0.25) is 0 Å². The lowest BCUT2D eigenvalue weighted by Gasteiger charge is -2.18. The van der Waals surface area contributed by atoms with Crippen molar-refractivity contribution in [3.8, 4) is 0 Å². The van der Waals surface area contributed by atoms with E-state index in [1.54, 1.807) is 6.26 Å². The molecule has 3 heteroatoms. The van der Waals surface area contributed by atoms with Crippen LogP contribution in [0.2, 0.25) is 5.02 Å². The molecular weight excluding hydrogens is 234 g/mol. The maximum absolute atomic E-state index is 6.36. The summed E-state index contributed by atoms with van der Waals surface area (Å²) in [6, 6.07) is 9.93. The summed E-state index contributed by atoms with van der Waals surface area (Å²) in [5.74, 6) is 0.888. The second-order valence-corrected chi connectivity index (χ2v) is 4.36. The van der Waals surface area contributed by atoms with E-state index in [2.05, 4.69) is 12.2 Å². The smallest absolute Gasteiger partial charge is 0.125 e. The van der Waals surface area contributed by atoms with Crippen molar-refractivity contribution in [3.05, 3.63) is 58.5 Å². The third kappa shape index (κ3) is 2.54. The average molecular weight is 250 g/mol. The minimum Gasteiger partial charge on any atom is -0.467 e. The van der Waals surface area contributed by atoms with Crippen LogP contribution in [0.3, 0.4) is 0 Å². The number of furan rings is 1. The molecule has 2 aromatic rings. The van der Waals surface area contributed by atoms with Gasteiger partial charge in [0.25, 0.3) is 0 Å². The average Bonchev–Trinajstić information content (AvgIpc) is 2.84. The van der Waals surface area contributed by atoms with E-state index in [1.165, 1.54) is 0 Å². The molecule has 1 unspecified atom stereocenters. The number of hydrogen-bond acceptors (Lipinski definition) is 2. The lowest BCUT2D eigenvalue weighted by Crippen LogP contribution is -2.22. The molecule has 17 heavy (non-hydrogen) atoms. The van der Waals surface area contributed by atoms with Crippen LogP contribution >= 0.6 is 11.6 Å². The first kappa shape index (κ1) is 12.2. The molecular formula is C14H16ClNO. The van der Waals surface area contributed by atoms with Crippen molar-refractivity contribution >= 4 is 11.6 Å². The minimum absolute atomic E-state index is 0.0161. The van der Waals surface area contributed by atoms with Crippen LogP contribution in [0, 0.1) is 6.92 Å². The molecule has 1 aromatic carbocycles. The van der Waals surface area contributed by atoms with Crippen molar-refractivity contribution < 1.29 is 4.42 Å². The van der Waals surface area contributed by atoms with Gasteiger partial charge in [0.1, 0.15) is 5.76 Å². The van der Waals surface area contributed by atoms with Gasteiger partial charge >= 0.3 is 0 Å². The van der Waals surface area contributed by atoms with Crippen LogP contribution in [-0.2, 0) is 0 Å². The zero-order valence-corrected chi connectivity index (χ0v) is 10.8. The van der Waals surface area contributed by atoms with Crippen LogP contribution in [0.25, 0.3) is 0 Å². The van der Waals surface area contributed by atoms with Gasteiger partial charge in [-0.05, 0) is 36.7 Å². The standard InChI is InChI=1S/C14H16ClNO/c1-3-16-14(12-8-5-9-17-12)11-7-4-6-10(2)13(11)15/h4-9,14,16H,3H2,1-2H3. The fraction of sp³-hybridized carbons (Fsp3) is 0.286. The van der Waals surface area contributed by atoms with Gasteiger partial charge in [-0.1, -0.05) is 36.7 Å². The van der Waals surface area contributed by atoms with Gasteiger partial charge in [-0.15, -0.1) is 0 Å². The molecule has 0 saturated carbocycles. The molecule has 2 nitrogen and oxygen atoms in total. The van der Waals surface area contributed by atoms with Gasteiger partial charge in [-0.25, -0.2) is 0 Å². The van der Waals surface area contributed by atoms with Crippen LogP contribution in [0.5, 0.6) is 0 Å². The first-order valence-electron chi connectivity index (χ1n) is 5.75. The Morgan fingerprint density at radius 1 is 1.29 bits per heavy atom. The summed E-state index contributed by atoms with van der Waals surface area (Å²) in [6.07, 6.45) is 1.68. The van der Waals surface area contributed by atoms with Crippen molar-refractivity contribution in [3.63, 3.8) is 0 Å². The zero-order chi connectivity index (χ0) is 12.3. The van der Waals surface area contributed by atoms with Gasteiger partial charge in [-0.2, -0.15) is 0 Å². The van der Waals surface area contributed by atoms with Crippen LogP contribution in [0.1, 0.15) is 29.9 Å². The van der Waals surface area contributed by atoms with Crippen LogP contribution in [0.4, 0.5) is 0 Å². The highest BCUT2D eigenvalue weighted by molar-refractivity contribution is 6.32. The number of hydrogen-bond donors (Lipinski definition) is 1. The number of rotatable bonds is 4. The normalized spacial score (nSPS) is 12.6. The van der Waals surface area contributed by atoms with Gasteiger partial charge in [0.05, 0.1) is 12.3 Å². The third-order valence-corrected chi connectivity index (χ3v) is 3.28. The van der Waals surface area contributed by atoms with Crippen LogP contribution < -0.4 is 5.32 Å². The predicted octanol–water partition coefficient (Wildman–Crippen LogP) is 3.94. The van der Waals surface area contributed by atoms with E-state index in [-0.39, 0.29) is 6.04 Å². The van der Waals surface area contributed by atoms with Gasteiger partial charge in [0, 0.05) is 5.02 Å². The quantitative estimate of drug-likeness (QED) is 0.888. The third-order valence-electron chi connectivity index (χ3n) is 2.77. The lowest BCUT2D eigenvalue weighted by atomic mass is 10.0. The summed E-state index contributed by atoms with van der Waals surface area (Å²) < 4.78 is 5.48. The largest absolute Gasteiger partial charge is 0.467 e. The summed E-state index contributed by atoms with van der Waals surface area (Å²) in [5, 5.41) is 4.19. The summed E-state index contributed by atoms with van der Waals surface area (Å²) in [4.78, 5) is 0. The molecule has 0 saturated heterocycles. The molecule has 0 spiro atoms. The molecule has 1 aromatic heterocycles. The molecule has 0 aliphatic rings. The molecule has 0 amide bonds. The molecule has 0 aliphatic carbocycles. The Hall–Kier alpha value is -1.25. The highest BCUT2D eigenvalue weighted by Gasteiger charge is 2.18. The van der Waals surface area contributed by atoms with Crippen molar-refractivity contribution in [2.75, 3.05) is 6.54 Å². The molecule has 90 valence electrons. The number of benzene rings is 1. The lowest BCUT2D eigenvalue weighted by molar-refractivity contribution is 0.452. The molecule has 0 aliphatic heterocycles. The van der Waals surface area contributed by atoms with Crippen LogP contribution in [-0.4, -0.2) is 6.54 Å². The molecule has 0 radical (unpaired) electrons. The molecule has 1 heterocycles. The zero-order valence-electron chi connectivity index (χ0n) is 10.0. The Morgan fingerprint density at radius 2 is 2.12 bits per heavy atom. The van der Waals surface area contributed by atoms with Crippen molar-refractivity contribution in [1.82, 2.24) is 5.32 Å². The summed E-state index contributed by atoms with van der Waals surface area (Å²) in [6.45, 7) is 4.94. The molecule has 1 atom stereocenters. The Bertz CT molecular complexity index is 479. The van der Waals surface area contributed by atoms with E-state index >= 15 is 0 Å². The molecule has 1 N–H and O–H groups in total. The fourth-order valence-corrected chi connectivity index (χ4v) is 2.15. The topological polar surface area (TPSA) is 25.2 Å². The number of nitrogens with one attached hydrogen (secondary N) is 1. The maximum atomic E-state index is 6.36. The summed E-state index contributed by atoms with van der Waals surface area (Å²) in [5.41, 5.74) is 2.14. The predicted molar refractivity (Wildman–Crippen MR) is 70.4 cm³/mol. The highest BCUT2D eigenvalue weighted by atomic mass is 35.5. The second-order valence-electron chi connectivity index (χ2n) is 3.98. The Kier molecular flexibility index (Phi) is 3.87. The van der Waals surface area contributed by atoms with Crippen LogP contribution in [0.15, 0.2) is 41.0 Å². The Labute approximate surface area is 107 Å². The molecule has 0 fully saturated rings. The highest BCUT2D eigenvalue weighted by Crippen LogP contribution is 2.30. The first-order chi connectivity index (χ1) is 8.24. The van der Waals surface area contributed by atoms with E-state index in [0.717, 1.165) is 28.5 Å². The summed E-state index contributed by atoms with van der Waals surface area (Å²) in [7, 11) is 0. The van der Waals surface area contributed by atoms with E-state index in [1.807, 2.05) is 37.3 Å². The second kappa shape index (κ2) is 5.39. The van der Waals surface area contributed by atoms with Gasteiger partial charge in [0.2, 0.25) is 0 Å². The van der Waals surface area contributed by atoms with Crippen molar-refractivity contribution in [2.45, 2.75) is 19.9 Å².